The van der Waals surface area contributed by atoms with Crippen LogP contribution >= 0.6 is 0 Å². The summed E-state index contributed by atoms with van der Waals surface area (Å²) in [5, 5.41) is 20.1. The number of unbranched alkanes of at least 4 members (excludes halogenated alkanes) is 2. The van der Waals surface area contributed by atoms with Gasteiger partial charge >= 0.3 is 0 Å². The van der Waals surface area contributed by atoms with Crippen LogP contribution in [0.5, 0.6) is 0 Å². The topological polar surface area (TPSA) is 57.5 Å². The van der Waals surface area contributed by atoms with E-state index in [2.05, 4.69) is 6.92 Å². The average molecular weight is 278 g/mol. The fraction of sp³-hybridized carbons (Fsp3) is 0.706. The van der Waals surface area contributed by atoms with Gasteiger partial charge in [-0.3, -0.25) is 4.79 Å². The van der Waals surface area contributed by atoms with Crippen molar-refractivity contribution in [2.75, 3.05) is 0 Å². The molecular weight excluding hydrogens is 252 g/mol. The lowest BCUT2D eigenvalue weighted by Crippen LogP contribution is -2.18. The van der Waals surface area contributed by atoms with E-state index in [9.17, 15) is 15.0 Å². The van der Waals surface area contributed by atoms with Crippen molar-refractivity contribution in [3.8, 4) is 0 Å². The molecule has 20 heavy (non-hydrogen) atoms. The Morgan fingerprint density at radius 1 is 1.45 bits per heavy atom. The summed E-state index contributed by atoms with van der Waals surface area (Å²) in [5.74, 6) is 0.746. The van der Waals surface area contributed by atoms with E-state index in [1.54, 1.807) is 0 Å². The van der Waals surface area contributed by atoms with Crippen molar-refractivity contribution in [1.82, 2.24) is 0 Å². The molecule has 112 valence electrons. The van der Waals surface area contributed by atoms with Gasteiger partial charge in [0.1, 0.15) is 6.29 Å². The summed E-state index contributed by atoms with van der Waals surface area (Å²) in [6.45, 7) is 2.15. The number of fused-ring (bicyclic) bond motifs is 1. The quantitative estimate of drug-likeness (QED) is 0.427. The lowest BCUT2D eigenvalue weighted by atomic mass is 9.89. The Hall–Kier alpha value is -0.930. The van der Waals surface area contributed by atoms with E-state index < -0.39 is 6.10 Å². The van der Waals surface area contributed by atoms with Gasteiger partial charge < -0.3 is 10.2 Å². The van der Waals surface area contributed by atoms with Crippen LogP contribution in [0.1, 0.15) is 45.4 Å². The second-order valence-electron chi connectivity index (χ2n) is 6.22. The fourth-order valence-corrected chi connectivity index (χ4v) is 3.59. The highest BCUT2D eigenvalue weighted by molar-refractivity contribution is 5.74. The second-order valence-corrected chi connectivity index (χ2v) is 6.22. The number of aliphatic hydroxyl groups excluding tert-OH is 2. The van der Waals surface area contributed by atoms with Crippen LogP contribution < -0.4 is 0 Å². The summed E-state index contributed by atoms with van der Waals surface area (Å²) in [6, 6.07) is 0. The molecule has 0 aromatic carbocycles. The van der Waals surface area contributed by atoms with Crippen molar-refractivity contribution >= 4 is 6.29 Å². The van der Waals surface area contributed by atoms with Crippen LogP contribution in [0.15, 0.2) is 23.8 Å². The number of allylic oxidation sites excluding steroid dienone is 2. The summed E-state index contributed by atoms with van der Waals surface area (Å²) in [5.41, 5.74) is 0.869. The van der Waals surface area contributed by atoms with Crippen molar-refractivity contribution in [3.63, 3.8) is 0 Å². The molecule has 2 rings (SSSR count). The molecule has 0 aromatic rings. The zero-order valence-corrected chi connectivity index (χ0v) is 12.2. The molecule has 1 fully saturated rings. The van der Waals surface area contributed by atoms with Crippen molar-refractivity contribution in [3.05, 3.63) is 23.8 Å². The molecule has 0 spiro atoms. The fourth-order valence-electron chi connectivity index (χ4n) is 3.59. The maximum absolute atomic E-state index is 10.9. The Kier molecular flexibility index (Phi) is 5.55. The Morgan fingerprint density at radius 2 is 2.25 bits per heavy atom. The van der Waals surface area contributed by atoms with E-state index in [1.807, 2.05) is 18.2 Å². The third kappa shape index (κ3) is 3.58. The van der Waals surface area contributed by atoms with Gasteiger partial charge in [-0.05, 0) is 36.7 Å². The van der Waals surface area contributed by atoms with Crippen molar-refractivity contribution in [2.24, 2.45) is 17.8 Å². The molecule has 0 amide bonds. The van der Waals surface area contributed by atoms with Gasteiger partial charge in [0.2, 0.25) is 0 Å². The van der Waals surface area contributed by atoms with Crippen molar-refractivity contribution in [2.45, 2.75) is 57.7 Å². The predicted molar refractivity (Wildman–Crippen MR) is 79.1 cm³/mol. The number of aldehydes is 1. The Labute approximate surface area is 121 Å². The summed E-state index contributed by atoms with van der Waals surface area (Å²) < 4.78 is 0. The largest absolute Gasteiger partial charge is 0.392 e. The third-order valence-corrected chi connectivity index (χ3v) is 4.71. The molecule has 0 radical (unpaired) electrons. The molecule has 0 saturated heterocycles. The van der Waals surface area contributed by atoms with Crippen molar-refractivity contribution < 1.29 is 15.0 Å². The van der Waals surface area contributed by atoms with Crippen LogP contribution in [0.25, 0.3) is 0 Å². The van der Waals surface area contributed by atoms with Crippen LogP contribution in [-0.2, 0) is 4.79 Å². The Morgan fingerprint density at radius 3 is 2.95 bits per heavy atom. The average Bonchev–Trinajstić information content (AvgIpc) is 2.93. The normalized spacial score (nSPS) is 34.2. The van der Waals surface area contributed by atoms with Gasteiger partial charge in [0.15, 0.2) is 0 Å². The van der Waals surface area contributed by atoms with E-state index in [1.165, 1.54) is 0 Å². The number of hydrogen-bond donors (Lipinski definition) is 2. The van der Waals surface area contributed by atoms with E-state index in [-0.39, 0.29) is 12.0 Å². The minimum absolute atomic E-state index is 0.0783. The zero-order valence-electron chi connectivity index (χ0n) is 12.2. The van der Waals surface area contributed by atoms with E-state index >= 15 is 0 Å². The van der Waals surface area contributed by atoms with Crippen LogP contribution in [-0.4, -0.2) is 28.7 Å². The summed E-state index contributed by atoms with van der Waals surface area (Å²) >= 11 is 0. The molecule has 0 aliphatic heterocycles. The van der Waals surface area contributed by atoms with E-state index in [0.29, 0.717) is 11.8 Å². The smallest absolute Gasteiger partial charge is 0.145 e. The van der Waals surface area contributed by atoms with Crippen LogP contribution in [0.3, 0.4) is 0 Å². The molecule has 5 atom stereocenters. The monoisotopic (exact) mass is 278 g/mol. The molecule has 0 bridgehead atoms. The number of carbonyl (C=O) groups excluding carboxylic acids is 1. The minimum Gasteiger partial charge on any atom is -0.392 e. The van der Waals surface area contributed by atoms with E-state index in [4.69, 9.17) is 0 Å². The molecule has 2 aliphatic rings. The maximum Gasteiger partial charge on any atom is 0.145 e. The zero-order chi connectivity index (χ0) is 14.5. The summed E-state index contributed by atoms with van der Waals surface area (Å²) in [7, 11) is 0. The van der Waals surface area contributed by atoms with Gasteiger partial charge in [-0.25, -0.2) is 0 Å². The molecule has 2 aliphatic carbocycles. The summed E-state index contributed by atoms with van der Waals surface area (Å²) in [6.07, 6.45) is 11.7. The first-order valence-electron chi connectivity index (χ1n) is 7.86. The highest BCUT2D eigenvalue weighted by Crippen LogP contribution is 2.46. The second kappa shape index (κ2) is 7.19. The van der Waals surface area contributed by atoms with Gasteiger partial charge in [0, 0.05) is 5.92 Å². The van der Waals surface area contributed by atoms with Crippen LogP contribution in [0.4, 0.5) is 0 Å². The van der Waals surface area contributed by atoms with Gasteiger partial charge in [-0.2, -0.15) is 0 Å². The van der Waals surface area contributed by atoms with Gasteiger partial charge in [-0.1, -0.05) is 44.4 Å². The Bertz CT molecular complexity index is 386. The molecule has 2 N–H and O–H groups in total. The maximum atomic E-state index is 10.9. The highest BCUT2D eigenvalue weighted by atomic mass is 16.3. The van der Waals surface area contributed by atoms with Gasteiger partial charge in [-0.15, -0.1) is 0 Å². The highest BCUT2D eigenvalue weighted by Gasteiger charge is 2.43. The molecule has 0 heterocycles. The molecule has 0 aromatic heterocycles. The lowest BCUT2D eigenvalue weighted by molar-refractivity contribution is -0.105. The lowest BCUT2D eigenvalue weighted by Gasteiger charge is -2.18. The SMILES string of the molecule is CCCCC[C@H](O)C=C[C@H]1[C@H]2CC(C=O)=C[C@H]2C[C@H]1O. The van der Waals surface area contributed by atoms with Crippen LogP contribution in [0.2, 0.25) is 0 Å². The Balaban J connectivity index is 1.87. The standard InChI is InChI=1S/C17H26O3/c1-2-3-4-5-14(19)6-7-15-16-9-12(11-18)8-13(16)10-17(15)20/h6-8,11,13-17,19-20H,2-5,9-10H2,1H3/t13-,14-,15-,16-,17+/m0/s1. The first kappa shape index (κ1) is 15.5. The first-order chi connectivity index (χ1) is 9.65. The van der Waals surface area contributed by atoms with Crippen LogP contribution in [0, 0.1) is 17.8 Å². The summed E-state index contributed by atoms with van der Waals surface area (Å²) in [4.78, 5) is 10.9. The minimum atomic E-state index is -0.410. The van der Waals surface area contributed by atoms with Gasteiger partial charge in [0.25, 0.3) is 0 Å². The number of rotatable bonds is 7. The molecule has 3 nitrogen and oxygen atoms in total. The predicted octanol–water partition coefficient (Wildman–Crippen LogP) is 2.63. The molecule has 0 unspecified atom stereocenters. The molecule has 1 saturated carbocycles. The van der Waals surface area contributed by atoms with Gasteiger partial charge in [0.05, 0.1) is 12.2 Å². The molecule has 3 heteroatoms. The number of aliphatic hydroxyl groups is 2. The first-order valence-corrected chi connectivity index (χ1v) is 7.86. The van der Waals surface area contributed by atoms with Crippen molar-refractivity contribution in [1.29, 1.82) is 0 Å². The third-order valence-electron chi connectivity index (χ3n) is 4.71. The molecular formula is C17H26O3. The number of hydrogen-bond acceptors (Lipinski definition) is 3. The van der Waals surface area contributed by atoms with E-state index in [0.717, 1.165) is 50.4 Å². The number of carbonyl (C=O) groups is 1.